The number of rotatable bonds is 4. The van der Waals surface area contributed by atoms with Crippen LogP contribution >= 0.6 is 0 Å². The maximum absolute atomic E-state index is 13.4. The molecule has 2 aromatic rings. The lowest BCUT2D eigenvalue weighted by Gasteiger charge is -2.43. The number of aliphatic hydroxyl groups excluding tert-OH is 1. The summed E-state index contributed by atoms with van der Waals surface area (Å²) in [6.07, 6.45) is 0.493. The average molecular weight is 464 g/mol. The van der Waals surface area contributed by atoms with Crippen LogP contribution in [0.5, 0.6) is 5.75 Å². The third-order valence-electron chi connectivity index (χ3n) is 6.42. The Hall–Kier alpha value is -3.57. The van der Waals surface area contributed by atoms with E-state index in [9.17, 15) is 20.0 Å². The van der Waals surface area contributed by atoms with E-state index < -0.39 is 29.9 Å². The number of nitrogens with zero attached hydrogens (tertiary/aromatic N) is 2. The summed E-state index contributed by atoms with van der Waals surface area (Å²) in [4.78, 5) is 27.7. The minimum absolute atomic E-state index is 0.127. The molecular formula is C26H29N3O5. The number of piperidine rings is 1. The van der Waals surface area contributed by atoms with Crippen LogP contribution in [-0.2, 0) is 16.1 Å². The summed E-state index contributed by atoms with van der Waals surface area (Å²) in [6.45, 7) is 4.03. The summed E-state index contributed by atoms with van der Waals surface area (Å²) in [6, 6.07) is 14.9. The molecule has 1 fully saturated rings. The highest BCUT2D eigenvalue weighted by atomic mass is 16.6. The predicted molar refractivity (Wildman–Crippen MR) is 124 cm³/mol. The molecule has 0 radical (unpaired) electrons. The molecule has 2 aliphatic heterocycles. The molecule has 0 aromatic heterocycles. The van der Waals surface area contributed by atoms with E-state index in [0.717, 1.165) is 18.4 Å². The van der Waals surface area contributed by atoms with Crippen molar-refractivity contribution in [3.05, 3.63) is 65.2 Å². The third-order valence-corrected chi connectivity index (χ3v) is 6.42. The normalized spacial score (nSPS) is 23.1. The highest BCUT2D eigenvalue weighted by Gasteiger charge is 2.45. The lowest BCUT2D eigenvalue weighted by molar-refractivity contribution is -0.131. The minimum atomic E-state index is -1.06. The first-order valence-electron chi connectivity index (χ1n) is 11.5. The van der Waals surface area contributed by atoms with Crippen LogP contribution in [0.25, 0.3) is 0 Å². The average Bonchev–Trinajstić information content (AvgIpc) is 2.85. The Morgan fingerprint density at radius 2 is 2.00 bits per heavy atom. The molecular weight excluding hydrogens is 434 g/mol. The number of nitrogens with one attached hydrogen (secondary N) is 1. The molecule has 2 N–H and O–H groups in total. The number of benzene rings is 2. The van der Waals surface area contributed by atoms with Gasteiger partial charge in [-0.05, 0) is 56.9 Å². The number of amides is 2. The maximum Gasteiger partial charge on any atom is 0.410 e. The molecule has 3 unspecified atom stereocenters. The molecule has 178 valence electrons. The zero-order valence-electron chi connectivity index (χ0n) is 19.4. The molecule has 8 nitrogen and oxygen atoms in total. The van der Waals surface area contributed by atoms with E-state index in [1.807, 2.05) is 30.3 Å². The summed E-state index contributed by atoms with van der Waals surface area (Å²) in [5.41, 5.74) is 0.844. The number of likely N-dealkylation sites (tertiary alicyclic amines) is 1. The van der Waals surface area contributed by atoms with Crippen LogP contribution in [0.15, 0.2) is 48.5 Å². The fourth-order valence-corrected chi connectivity index (χ4v) is 4.50. The van der Waals surface area contributed by atoms with E-state index in [1.165, 1.54) is 4.90 Å². The van der Waals surface area contributed by atoms with Crippen molar-refractivity contribution >= 4 is 12.0 Å². The van der Waals surface area contributed by atoms with Gasteiger partial charge < -0.3 is 19.9 Å². The van der Waals surface area contributed by atoms with Crippen molar-refractivity contribution in [1.29, 1.82) is 5.26 Å². The topological polar surface area (TPSA) is 112 Å². The van der Waals surface area contributed by atoms with Gasteiger partial charge in [-0.2, -0.15) is 5.26 Å². The summed E-state index contributed by atoms with van der Waals surface area (Å²) in [7, 11) is 0. The van der Waals surface area contributed by atoms with E-state index in [-0.39, 0.29) is 12.5 Å². The first kappa shape index (κ1) is 23.6. The van der Waals surface area contributed by atoms with E-state index in [4.69, 9.17) is 9.47 Å². The van der Waals surface area contributed by atoms with Gasteiger partial charge in [0.15, 0.2) is 0 Å². The van der Waals surface area contributed by atoms with Crippen LogP contribution < -0.4 is 10.1 Å². The third kappa shape index (κ3) is 4.85. The minimum Gasteiger partial charge on any atom is -0.485 e. The maximum atomic E-state index is 13.4. The Balaban J connectivity index is 1.52. The molecule has 0 spiro atoms. The van der Waals surface area contributed by atoms with Gasteiger partial charge in [0, 0.05) is 12.1 Å². The molecule has 0 saturated carbocycles. The van der Waals surface area contributed by atoms with Crippen LogP contribution in [0.3, 0.4) is 0 Å². The Labute approximate surface area is 199 Å². The summed E-state index contributed by atoms with van der Waals surface area (Å²) < 4.78 is 11.4. The second-order valence-electron chi connectivity index (χ2n) is 9.25. The monoisotopic (exact) mass is 463 g/mol. The molecule has 0 aliphatic carbocycles. The number of nitriles is 1. The number of fused-ring (bicyclic) bond motifs is 1. The molecule has 1 saturated heterocycles. The first-order chi connectivity index (χ1) is 16.3. The van der Waals surface area contributed by atoms with Gasteiger partial charge in [-0.25, -0.2) is 4.79 Å². The molecule has 8 heteroatoms. The van der Waals surface area contributed by atoms with Gasteiger partial charge >= 0.3 is 6.09 Å². The fourth-order valence-electron chi connectivity index (χ4n) is 4.50. The van der Waals surface area contributed by atoms with Crippen molar-refractivity contribution in [3.63, 3.8) is 0 Å². The molecule has 2 aromatic carbocycles. The number of aliphatic hydroxyl groups is 1. The molecule has 3 atom stereocenters. The predicted octanol–water partition coefficient (Wildman–Crippen LogP) is 3.44. The van der Waals surface area contributed by atoms with Crippen LogP contribution in [0, 0.1) is 11.3 Å². The van der Waals surface area contributed by atoms with Crippen molar-refractivity contribution in [2.75, 3.05) is 6.54 Å². The SMILES string of the molecule is CC1(C)Oc2ccc(C#N)cc2C(NC(=O)C2CCCCN2C(=O)OCc2ccccc2)C1O. The van der Waals surface area contributed by atoms with Crippen LogP contribution in [-0.4, -0.2) is 46.3 Å². The van der Waals surface area contributed by atoms with Gasteiger partial charge in [0.25, 0.3) is 0 Å². The largest absolute Gasteiger partial charge is 0.485 e. The van der Waals surface area contributed by atoms with Gasteiger partial charge in [0.1, 0.15) is 30.1 Å². The van der Waals surface area contributed by atoms with Crippen LogP contribution in [0.2, 0.25) is 0 Å². The Morgan fingerprint density at radius 1 is 1.24 bits per heavy atom. The highest BCUT2D eigenvalue weighted by molar-refractivity contribution is 5.86. The van der Waals surface area contributed by atoms with Crippen molar-refractivity contribution in [2.24, 2.45) is 0 Å². The molecule has 0 bridgehead atoms. The van der Waals surface area contributed by atoms with Crippen molar-refractivity contribution in [2.45, 2.75) is 63.5 Å². The molecule has 2 amide bonds. The van der Waals surface area contributed by atoms with Crippen molar-refractivity contribution in [1.82, 2.24) is 10.2 Å². The van der Waals surface area contributed by atoms with Gasteiger partial charge in [-0.3, -0.25) is 9.69 Å². The number of carbonyl (C=O) groups is 2. The van der Waals surface area contributed by atoms with Crippen molar-refractivity contribution in [3.8, 4) is 11.8 Å². The number of hydrogen-bond donors (Lipinski definition) is 2. The van der Waals surface area contributed by atoms with Gasteiger partial charge in [-0.15, -0.1) is 0 Å². The summed E-state index contributed by atoms with van der Waals surface area (Å²) >= 11 is 0. The Morgan fingerprint density at radius 3 is 2.74 bits per heavy atom. The standard InChI is InChI=1S/C26H29N3O5/c1-26(2)23(30)22(19-14-18(15-27)11-12-21(19)34-26)28-24(31)20-10-6-7-13-29(20)25(32)33-16-17-8-4-3-5-9-17/h3-5,8-9,11-12,14,20,22-23,30H,6-7,10,13,16H2,1-2H3,(H,28,31). The van der Waals surface area contributed by atoms with Crippen LogP contribution in [0.4, 0.5) is 4.79 Å². The van der Waals surface area contributed by atoms with Gasteiger partial charge in [0.2, 0.25) is 5.91 Å². The number of ether oxygens (including phenoxy) is 2. The van der Waals surface area contributed by atoms with E-state index in [2.05, 4.69) is 11.4 Å². The van der Waals surface area contributed by atoms with Crippen LogP contribution in [0.1, 0.15) is 55.8 Å². The molecule has 2 heterocycles. The highest BCUT2D eigenvalue weighted by Crippen LogP contribution is 2.40. The second kappa shape index (κ2) is 9.74. The molecule has 34 heavy (non-hydrogen) atoms. The number of hydrogen-bond acceptors (Lipinski definition) is 6. The quantitative estimate of drug-likeness (QED) is 0.718. The zero-order chi connectivity index (χ0) is 24.3. The Kier molecular flexibility index (Phi) is 6.75. The summed E-state index contributed by atoms with van der Waals surface area (Å²) in [5, 5.41) is 23.3. The lowest BCUT2D eigenvalue weighted by Crippen LogP contribution is -2.57. The summed E-state index contributed by atoms with van der Waals surface area (Å²) in [5.74, 6) is 0.133. The fraction of sp³-hybridized carbons (Fsp3) is 0.423. The van der Waals surface area contributed by atoms with E-state index in [1.54, 1.807) is 32.0 Å². The molecule has 4 rings (SSSR count). The molecule has 2 aliphatic rings. The van der Waals surface area contributed by atoms with E-state index >= 15 is 0 Å². The first-order valence-corrected chi connectivity index (χ1v) is 11.5. The van der Waals surface area contributed by atoms with Gasteiger partial charge in [0.05, 0.1) is 17.7 Å². The smallest absolute Gasteiger partial charge is 0.410 e. The van der Waals surface area contributed by atoms with E-state index in [0.29, 0.717) is 29.8 Å². The Bertz CT molecular complexity index is 1100. The lowest BCUT2D eigenvalue weighted by atomic mass is 9.85. The van der Waals surface area contributed by atoms with Crippen molar-refractivity contribution < 1.29 is 24.2 Å². The number of carbonyl (C=O) groups excluding carboxylic acids is 2. The second-order valence-corrected chi connectivity index (χ2v) is 9.25. The van der Waals surface area contributed by atoms with Gasteiger partial charge in [-0.1, -0.05) is 30.3 Å². The zero-order valence-corrected chi connectivity index (χ0v) is 19.4.